The van der Waals surface area contributed by atoms with Crippen LogP contribution in [-0.4, -0.2) is 49.7 Å². The topological polar surface area (TPSA) is 15.7 Å². The minimum Gasteiger partial charge on any atom is -0.379 e. The van der Waals surface area contributed by atoms with E-state index in [1.54, 1.807) is 12.1 Å². The van der Waals surface area contributed by atoms with Crippen LogP contribution in [0.1, 0.15) is 30.4 Å². The van der Waals surface area contributed by atoms with Crippen molar-refractivity contribution in [3.8, 4) is 0 Å². The molecular weight excluding hydrogens is 341 g/mol. The monoisotopic (exact) mass is 366 g/mol. The maximum absolute atomic E-state index is 12.8. The van der Waals surface area contributed by atoms with Gasteiger partial charge in [0.25, 0.3) is 0 Å². The fourth-order valence-corrected chi connectivity index (χ4v) is 3.40. The van der Waals surface area contributed by atoms with E-state index in [1.165, 1.54) is 5.70 Å². The molecule has 1 atom stereocenters. The fraction of sp³-hybridized carbons (Fsp3) is 0.500. The summed E-state index contributed by atoms with van der Waals surface area (Å²) in [5.41, 5.74) is 2.61. The fourth-order valence-electron chi connectivity index (χ4n) is 3.40. The second kappa shape index (κ2) is 7.84. The molecular formula is C20H25F3N2O. The summed E-state index contributed by atoms with van der Waals surface area (Å²) in [6.45, 7) is 6.47. The van der Waals surface area contributed by atoms with Gasteiger partial charge in [-0.3, -0.25) is 4.90 Å². The average molecular weight is 366 g/mol. The van der Waals surface area contributed by atoms with E-state index in [9.17, 15) is 13.2 Å². The highest BCUT2D eigenvalue weighted by molar-refractivity contribution is 5.37. The number of halogens is 3. The Morgan fingerprint density at radius 3 is 2.35 bits per heavy atom. The molecule has 3 nitrogen and oxygen atoms in total. The van der Waals surface area contributed by atoms with Gasteiger partial charge >= 0.3 is 6.18 Å². The quantitative estimate of drug-likeness (QED) is 0.793. The lowest BCUT2D eigenvalue weighted by atomic mass is 9.92. The molecule has 1 aromatic rings. The number of rotatable bonds is 4. The lowest BCUT2D eigenvalue weighted by Crippen LogP contribution is -2.37. The number of benzene rings is 1. The van der Waals surface area contributed by atoms with Gasteiger partial charge in [-0.25, -0.2) is 0 Å². The standard InChI is InChI=1S/C20H25F3N2O/c1-15-13-17(16-3-5-18(6-4-16)20(21,22)23)14-19(24(15)2)7-8-25-9-11-26-12-10-25/h3-6,13-14,17H,7-12H2,1-2H3. The Morgan fingerprint density at radius 2 is 1.73 bits per heavy atom. The molecule has 3 rings (SSSR count). The molecule has 2 heterocycles. The zero-order valence-corrected chi connectivity index (χ0v) is 15.2. The van der Waals surface area contributed by atoms with E-state index in [2.05, 4.69) is 22.0 Å². The highest BCUT2D eigenvalue weighted by Crippen LogP contribution is 2.33. The SMILES string of the molecule is CC1=CC(c2ccc(C(F)(F)F)cc2)C=C(CCN2CCOCC2)N1C. The van der Waals surface area contributed by atoms with Crippen LogP contribution in [0.25, 0.3) is 0 Å². The summed E-state index contributed by atoms with van der Waals surface area (Å²) in [5.74, 6) is 0.00757. The Labute approximate surface area is 152 Å². The maximum Gasteiger partial charge on any atom is 0.416 e. The van der Waals surface area contributed by atoms with E-state index in [0.29, 0.717) is 0 Å². The zero-order valence-electron chi connectivity index (χ0n) is 15.2. The van der Waals surface area contributed by atoms with Crippen molar-refractivity contribution in [2.75, 3.05) is 39.9 Å². The summed E-state index contributed by atoms with van der Waals surface area (Å²) < 4.78 is 43.7. The van der Waals surface area contributed by atoms with E-state index < -0.39 is 11.7 Å². The normalized spacial score (nSPS) is 22.2. The molecule has 1 saturated heterocycles. The molecule has 0 spiro atoms. The first-order valence-electron chi connectivity index (χ1n) is 8.95. The van der Waals surface area contributed by atoms with Crippen molar-refractivity contribution < 1.29 is 17.9 Å². The minimum absolute atomic E-state index is 0.00757. The molecule has 142 valence electrons. The van der Waals surface area contributed by atoms with Crippen molar-refractivity contribution in [2.24, 2.45) is 0 Å². The van der Waals surface area contributed by atoms with Gasteiger partial charge in [0.2, 0.25) is 0 Å². The van der Waals surface area contributed by atoms with Crippen LogP contribution in [0, 0.1) is 0 Å². The molecule has 0 aromatic heterocycles. The third kappa shape index (κ3) is 4.48. The van der Waals surface area contributed by atoms with Crippen molar-refractivity contribution in [3.63, 3.8) is 0 Å². The lowest BCUT2D eigenvalue weighted by Gasteiger charge is -2.33. The Bertz CT molecular complexity index is 673. The molecule has 0 radical (unpaired) electrons. The molecule has 6 heteroatoms. The van der Waals surface area contributed by atoms with Crippen molar-refractivity contribution in [1.82, 2.24) is 9.80 Å². The van der Waals surface area contributed by atoms with Crippen LogP contribution in [-0.2, 0) is 10.9 Å². The van der Waals surface area contributed by atoms with Gasteiger partial charge in [0.15, 0.2) is 0 Å². The summed E-state index contributed by atoms with van der Waals surface area (Å²) >= 11 is 0. The first kappa shape index (κ1) is 19.0. The largest absolute Gasteiger partial charge is 0.416 e. The number of ether oxygens (including phenoxy) is 1. The highest BCUT2D eigenvalue weighted by Gasteiger charge is 2.30. The van der Waals surface area contributed by atoms with Gasteiger partial charge < -0.3 is 9.64 Å². The summed E-state index contributed by atoms with van der Waals surface area (Å²) in [5, 5.41) is 0. The number of nitrogens with zero attached hydrogens (tertiary/aromatic N) is 2. The van der Waals surface area contributed by atoms with Gasteiger partial charge in [-0.2, -0.15) is 13.2 Å². The summed E-state index contributed by atoms with van der Waals surface area (Å²) in [4.78, 5) is 4.56. The molecule has 26 heavy (non-hydrogen) atoms. The summed E-state index contributed by atoms with van der Waals surface area (Å²) in [6, 6.07) is 5.49. The molecule has 2 aliphatic rings. The van der Waals surface area contributed by atoms with Crippen LogP contribution >= 0.6 is 0 Å². The number of hydrogen-bond acceptors (Lipinski definition) is 3. The van der Waals surface area contributed by atoms with Crippen LogP contribution in [0.15, 0.2) is 47.8 Å². The Hall–Kier alpha value is -1.79. The molecule has 1 aromatic carbocycles. The third-order valence-corrected chi connectivity index (χ3v) is 5.16. The van der Waals surface area contributed by atoms with E-state index in [4.69, 9.17) is 4.74 Å². The Kier molecular flexibility index (Phi) is 5.73. The van der Waals surface area contributed by atoms with Gasteiger partial charge in [-0.05, 0) is 24.6 Å². The molecule has 0 aliphatic carbocycles. The number of alkyl halides is 3. The average Bonchev–Trinajstić information content (AvgIpc) is 2.63. The van der Waals surface area contributed by atoms with Crippen LogP contribution in [0.5, 0.6) is 0 Å². The number of allylic oxidation sites excluding steroid dienone is 3. The van der Waals surface area contributed by atoms with Crippen molar-refractivity contribution in [2.45, 2.75) is 25.4 Å². The number of hydrogen-bond donors (Lipinski definition) is 0. The second-order valence-electron chi connectivity index (χ2n) is 6.87. The lowest BCUT2D eigenvalue weighted by molar-refractivity contribution is -0.137. The van der Waals surface area contributed by atoms with Crippen LogP contribution in [0.3, 0.4) is 0 Å². The van der Waals surface area contributed by atoms with Gasteiger partial charge in [0, 0.05) is 50.4 Å². The van der Waals surface area contributed by atoms with E-state index >= 15 is 0 Å². The molecule has 1 fully saturated rings. The predicted molar refractivity (Wildman–Crippen MR) is 95.7 cm³/mol. The maximum atomic E-state index is 12.8. The third-order valence-electron chi connectivity index (χ3n) is 5.16. The predicted octanol–water partition coefficient (Wildman–Crippen LogP) is 4.24. The van der Waals surface area contributed by atoms with Gasteiger partial charge in [0.05, 0.1) is 18.8 Å². The first-order valence-corrected chi connectivity index (χ1v) is 8.95. The van der Waals surface area contributed by atoms with Crippen LogP contribution < -0.4 is 0 Å². The molecule has 2 aliphatic heterocycles. The smallest absolute Gasteiger partial charge is 0.379 e. The second-order valence-corrected chi connectivity index (χ2v) is 6.87. The van der Waals surface area contributed by atoms with Crippen molar-refractivity contribution in [3.05, 3.63) is 58.9 Å². The Morgan fingerprint density at radius 1 is 1.08 bits per heavy atom. The summed E-state index contributed by atoms with van der Waals surface area (Å²) in [6.07, 6.45) is 0.881. The molecule has 0 amide bonds. The van der Waals surface area contributed by atoms with Crippen LogP contribution in [0.2, 0.25) is 0 Å². The molecule has 1 unspecified atom stereocenters. The van der Waals surface area contributed by atoms with E-state index in [1.807, 2.05) is 14.0 Å². The van der Waals surface area contributed by atoms with Gasteiger partial charge in [0.1, 0.15) is 0 Å². The molecule has 0 N–H and O–H groups in total. The first-order chi connectivity index (χ1) is 12.3. The Balaban J connectivity index is 1.72. The summed E-state index contributed by atoms with van der Waals surface area (Å²) in [7, 11) is 2.04. The zero-order chi connectivity index (χ0) is 18.7. The van der Waals surface area contributed by atoms with Gasteiger partial charge in [-0.15, -0.1) is 0 Å². The molecule has 0 bridgehead atoms. The highest BCUT2D eigenvalue weighted by atomic mass is 19.4. The minimum atomic E-state index is -4.30. The van der Waals surface area contributed by atoms with Crippen molar-refractivity contribution >= 4 is 0 Å². The van der Waals surface area contributed by atoms with Gasteiger partial charge in [-0.1, -0.05) is 24.3 Å². The van der Waals surface area contributed by atoms with Crippen molar-refractivity contribution in [1.29, 1.82) is 0 Å². The van der Waals surface area contributed by atoms with Crippen LogP contribution in [0.4, 0.5) is 13.2 Å². The van der Waals surface area contributed by atoms with E-state index in [0.717, 1.165) is 62.7 Å². The number of morpholine rings is 1. The molecule has 0 saturated carbocycles. The van der Waals surface area contributed by atoms with E-state index in [-0.39, 0.29) is 5.92 Å².